The minimum absolute atomic E-state index is 0.589. The lowest BCUT2D eigenvalue weighted by Gasteiger charge is -2.37. The van der Waals surface area contributed by atoms with Crippen LogP contribution in [0.1, 0.15) is 30.7 Å². The number of aromatic nitrogens is 4. The predicted molar refractivity (Wildman–Crippen MR) is 119 cm³/mol. The molecule has 0 unspecified atom stereocenters. The van der Waals surface area contributed by atoms with Gasteiger partial charge in [0.1, 0.15) is 12.1 Å². The van der Waals surface area contributed by atoms with Crippen molar-refractivity contribution in [2.75, 3.05) is 31.1 Å². The summed E-state index contributed by atoms with van der Waals surface area (Å²) in [4.78, 5) is 18.8. The van der Waals surface area contributed by atoms with E-state index in [4.69, 9.17) is 4.99 Å². The summed E-state index contributed by atoms with van der Waals surface area (Å²) in [5.41, 5.74) is 6.51. The van der Waals surface area contributed by atoms with Gasteiger partial charge in [-0.25, -0.2) is 9.97 Å². The van der Waals surface area contributed by atoms with Crippen molar-refractivity contribution in [2.45, 2.75) is 26.4 Å². The summed E-state index contributed by atoms with van der Waals surface area (Å²) >= 11 is 0. The van der Waals surface area contributed by atoms with Gasteiger partial charge in [0.25, 0.3) is 0 Å². The number of aryl methyl sites for hydroxylation is 1. The minimum atomic E-state index is 0.589. The van der Waals surface area contributed by atoms with Crippen LogP contribution in [0.3, 0.4) is 0 Å². The summed E-state index contributed by atoms with van der Waals surface area (Å²) in [7, 11) is 1.94. The highest BCUT2D eigenvalue weighted by molar-refractivity contribution is 6.14. The highest BCUT2D eigenvalue weighted by atomic mass is 15.3. The Balaban J connectivity index is 1.41. The molecule has 0 aliphatic carbocycles. The number of nitrogens with zero attached hydrogens (tertiary/aromatic N) is 7. The van der Waals surface area contributed by atoms with Crippen molar-refractivity contribution in [3.05, 3.63) is 59.8 Å². The Bertz CT molecular complexity index is 1090. The highest BCUT2D eigenvalue weighted by Crippen LogP contribution is 2.29. The number of aliphatic imine (C=N–C) groups is 1. The van der Waals surface area contributed by atoms with Gasteiger partial charge < -0.3 is 4.90 Å². The molecular formula is C23H27N7. The van der Waals surface area contributed by atoms with Crippen molar-refractivity contribution < 1.29 is 0 Å². The fourth-order valence-corrected chi connectivity index (χ4v) is 4.27. The SMILES string of the molecule is CC(C)N1CCN(c2cc(C3=NCc4ccc(-c5cnn(C)c5)cc43)ncn2)CC1. The van der Waals surface area contributed by atoms with Crippen LogP contribution in [0.4, 0.5) is 5.82 Å². The van der Waals surface area contributed by atoms with Gasteiger partial charge in [0.2, 0.25) is 0 Å². The number of hydrogen-bond acceptors (Lipinski definition) is 6. The first-order valence-electron chi connectivity index (χ1n) is 10.6. The zero-order valence-corrected chi connectivity index (χ0v) is 17.8. The fourth-order valence-electron chi connectivity index (χ4n) is 4.27. The first kappa shape index (κ1) is 18.9. The van der Waals surface area contributed by atoms with E-state index >= 15 is 0 Å². The maximum absolute atomic E-state index is 4.81. The molecule has 0 N–H and O–H groups in total. The molecule has 5 rings (SSSR count). The van der Waals surface area contributed by atoms with Crippen LogP contribution in [0.25, 0.3) is 11.1 Å². The van der Waals surface area contributed by atoms with E-state index in [1.165, 1.54) is 5.56 Å². The average Bonchev–Trinajstić information content (AvgIpc) is 3.39. The number of rotatable bonds is 4. The Hall–Kier alpha value is -3.06. The number of anilines is 1. The van der Waals surface area contributed by atoms with Crippen LogP contribution in [0.5, 0.6) is 0 Å². The molecule has 4 heterocycles. The standard InChI is InChI=1S/C23H27N7/c1-16(2)29-6-8-30(9-7-29)22-11-21(25-15-26-22)23-20-10-17(4-5-18(20)12-24-23)19-13-27-28(3)14-19/h4-5,10-11,13-16H,6-9,12H2,1-3H3. The van der Waals surface area contributed by atoms with E-state index in [-0.39, 0.29) is 0 Å². The first-order valence-corrected chi connectivity index (χ1v) is 10.6. The Morgan fingerprint density at radius 1 is 0.967 bits per heavy atom. The second-order valence-electron chi connectivity index (χ2n) is 8.32. The van der Waals surface area contributed by atoms with Gasteiger partial charge in [-0.2, -0.15) is 5.10 Å². The van der Waals surface area contributed by atoms with E-state index in [9.17, 15) is 0 Å². The monoisotopic (exact) mass is 401 g/mol. The smallest absolute Gasteiger partial charge is 0.132 e. The van der Waals surface area contributed by atoms with Gasteiger partial charge in [-0.15, -0.1) is 0 Å². The van der Waals surface area contributed by atoms with Crippen LogP contribution in [0.2, 0.25) is 0 Å². The van der Waals surface area contributed by atoms with Gasteiger partial charge in [0.15, 0.2) is 0 Å². The summed E-state index contributed by atoms with van der Waals surface area (Å²) < 4.78 is 1.83. The normalized spacial score (nSPS) is 16.8. The third-order valence-electron chi connectivity index (χ3n) is 6.07. The third-order valence-corrected chi connectivity index (χ3v) is 6.07. The Kier molecular flexibility index (Phi) is 4.83. The zero-order valence-electron chi connectivity index (χ0n) is 17.8. The third kappa shape index (κ3) is 3.50. The van der Waals surface area contributed by atoms with Crippen molar-refractivity contribution in [3.63, 3.8) is 0 Å². The molecule has 0 amide bonds. The molecule has 1 saturated heterocycles. The van der Waals surface area contributed by atoms with Gasteiger partial charge >= 0.3 is 0 Å². The van der Waals surface area contributed by atoms with Crippen molar-refractivity contribution in [3.8, 4) is 11.1 Å². The lowest BCUT2D eigenvalue weighted by molar-refractivity contribution is 0.209. The number of fused-ring (bicyclic) bond motifs is 1. The molecule has 7 nitrogen and oxygen atoms in total. The second kappa shape index (κ2) is 7.65. The van der Waals surface area contributed by atoms with Gasteiger partial charge in [0, 0.05) is 62.7 Å². The summed E-state index contributed by atoms with van der Waals surface area (Å²) in [6.07, 6.45) is 5.60. The van der Waals surface area contributed by atoms with Gasteiger partial charge in [-0.05, 0) is 31.0 Å². The molecule has 2 aromatic heterocycles. The maximum atomic E-state index is 4.81. The second-order valence-corrected chi connectivity index (χ2v) is 8.32. The van der Waals surface area contributed by atoms with Crippen molar-refractivity contribution in [1.29, 1.82) is 0 Å². The number of piperazine rings is 1. The fraction of sp³-hybridized carbons (Fsp3) is 0.391. The largest absolute Gasteiger partial charge is 0.354 e. The van der Waals surface area contributed by atoms with Crippen molar-refractivity contribution in [2.24, 2.45) is 12.0 Å². The van der Waals surface area contributed by atoms with Crippen LogP contribution in [-0.2, 0) is 13.6 Å². The Labute approximate surface area is 177 Å². The van der Waals surface area contributed by atoms with E-state index in [1.54, 1.807) is 6.33 Å². The summed E-state index contributed by atoms with van der Waals surface area (Å²) in [6.45, 7) is 9.32. The number of hydrogen-bond donors (Lipinski definition) is 0. The van der Waals surface area contributed by atoms with Gasteiger partial charge in [-0.1, -0.05) is 12.1 Å². The molecule has 0 spiro atoms. The van der Waals surface area contributed by atoms with Gasteiger partial charge in [0.05, 0.1) is 24.1 Å². The molecule has 3 aromatic rings. The summed E-state index contributed by atoms with van der Waals surface area (Å²) in [6, 6.07) is 9.21. The predicted octanol–water partition coefficient (Wildman–Crippen LogP) is 2.76. The minimum Gasteiger partial charge on any atom is -0.354 e. The van der Waals surface area contributed by atoms with Crippen LogP contribution in [0.15, 0.2) is 48.0 Å². The van der Waals surface area contributed by atoms with Crippen LogP contribution >= 0.6 is 0 Å². The molecule has 30 heavy (non-hydrogen) atoms. The lowest BCUT2D eigenvalue weighted by Crippen LogP contribution is -2.49. The molecule has 0 radical (unpaired) electrons. The van der Waals surface area contributed by atoms with Crippen LogP contribution in [-0.4, -0.2) is 62.6 Å². The molecule has 2 aliphatic rings. The molecule has 2 aliphatic heterocycles. The molecule has 0 bridgehead atoms. The van der Waals surface area contributed by atoms with Gasteiger partial charge in [-0.3, -0.25) is 14.6 Å². The molecule has 0 atom stereocenters. The van der Waals surface area contributed by atoms with E-state index in [0.29, 0.717) is 12.6 Å². The van der Waals surface area contributed by atoms with E-state index < -0.39 is 0 Å². The van der Waals surface area contributed by atoms with Crippen molar-refractivity contribution >= 4 is 11.5 Å². The zero-order chi connectivity index (χ0) is 20.7. The average molecular weight is 402 g/mol. The molecule has 154 valence electrons. The molecule has 0 saturated carbocycles. The van der Waals surface area contributed by atoms with E-state index in [1.807, 2.05) is 24.1 Å². The highest BCUT2D eigenvalue weighted by Gasteiger charge is 2.23. The maximum Gasteiger partial charge on any atom is 0.132 e. The van der Waals surface area contributed by atoms with E-state index in [0.717, 1.165) is 60.1 Å². The summed E-state index contributed by atoms with van der Waals surface area (Å²) in [5.74, 6) is 0.989. The summed E-state index contributed by atoms with van der Waals surface area (Å²) in [5, 5.41) is 4.30. The molecule has 1 fully saturated rings. The van der Waals surface area contributed by atoms with Crippen LogP contribution < -0.4 is 4.90 Å². The number of benzene rings is 1. The Morgan fingerprint density at radius 2 is 1.80 bits per heavy atom. The quantitative estimate of drug-likeness (QED) is 0.673. The first-order chi connectivity index (χ1) is 14.6. The van der Waals surface area contributed by atoms with Crippen LogP contribution in [0, 0.1) is 0 Å². The Morgan fingerprint density at radius 3 is 2.53 bits per heavy atom. The van der Waals surface area contributed by atoms with E-state index in [2.05, 4.69) is 63.0 Å². The molecular weight excluding hydrogens is 374 g/mol. The topological polar surface area (TPSA) is 62.4 Å². The lowest BCUT2D eigenvalue weighted by atomic mass is 9.98. The van der Waals surface area contributed by atoms with Crippen molar-refractivity contribution in [1.82, 2.24) is 24.6 Å². The molecule has 1 aromatic carbocycles. The molecule has 7 heteroatoms.